The van der Waals surface area contributed by atoms with Crippen molar-refractivity contribution in [1.82, 2.24) is 0 Å². The monoisotopic (exact) mass is 128 g/mol. The number of hydrogen-bond acceptors (Lipinski definition) is 4. The Morgan fingerprint density at radius 1 is 1.17 bits per heavy atom. The van der Waals surface area contributed by atoms with Crippen molar-refractivity contribution in [3.05, 3.63) is 0 Å². The molecule has 0 spiro atoms. The topological polar surface area (TPSA) is 58.9 Å². The molecule has 0 unspecified atom stereocenters. The van der Waals surface area contributed by atoms with Crippen molar-refractivity contribution in [2.24, 2.45) is 0 Å². The summed E-state index contributed by atoms with van der Waals surface area (Å²) >= 11 is 0. The SMILES string of the molecule is OOO.[SiH3]O[SiH3]. The summed E-state index contributed by atoms with van der Waals surface area (Å²) < 4.78 is 4.53. The van der Waals surface area contributed by atoms with Crippen LogP contribution < -0.4 is 0 Å². The zero-order chi connectivity index (χ0) is 5.41. The maximum Gasteiger partial charge on any atom is 0.129 e. The van der Waals surface area contributed by atoms with Gasteiger partial charge in [0.25, 0.3) is 0 Å². The van der Waals surface area contributed by atoms with Gasteiger partial charge in [0.2, 0.25) is 0 Å². The molecule has 0 aromatic rings. The van der Waals surface area contributed by atoms with Gasteiger partial charge in [-0.15, -0.1) is 0 Å². The summed E-state index contributed by atoms with van der Waals surface area (Å²) in [7, 11) is 1.86. The Morgan fingerprint density at radius 3 is 1.17 bits per heavy atom. The lowest BCUT2D eigenvalue weighted by Crippen LogP contribution is -1.65. The Bertz CT molecular complexity index is 7.51. The molecule has 0 aromatic heterocycles. The van der Waals surface area contributed by atoms with Crippen LogP contribution in [-0.2, 0) is 9.15 Å². The molecule has 0 rings (SSSR count). The van der Waals surface area contributed by atoms with Gasteiger partial charge in [0, 0.05) is 0 Å². The number of hydrogen-bond donors (Lipinski definition) is 2. The molecule has 0 fully saturated rings. The second kappa shape index (κ2) is 18.6. The van der Waals surface area contributed by atoms with Crippen LogP contribution in [0.1, 0.15) is 0 Å². The van der Waals surface area contributed by atoms with E-state index >= 15 is 0 Å². The molecule has 4 nitrogen and oxygen atoms in total. The first kappa shape index (κ1) is 9.55. The highest BCUT2D eigenvalue weighted by molar-refractivity contribution is 6.15. The minimum absolute atomic E-state index is 0.931. The maximum atomic E-state index is 6.62. The zero-order valence-corrected chi connectivity index (χ0v) is 7.71. The van der Waals surface area contributed by atoms with Crippen molar-refractivity contribution in [2.45, 2.75) is 0 Å². The molecule has 0 amide bonds. The Labute approximate surface area is 41.6 Å². The van der Waals surface area contributed by atoms with Crippen LogP contribution >= 0.6 is 0 Å². The quantitative estimate of drug-likeness (QED) is 0.215. The van der Waals surface area contributed by atoms with E-state index in [0.29, 0.717) is 0 Å². The number of rotatable bonds is 0. The van der Waals surface area contributed by atoms with E-state index in [2.05, 4.69) is 9.15 Å². The lowest BCUT2D eigenvalue weighted by molar-refractivity contribution is -0.465. The van der Waals surface area contributed by atoms with E-state index in [1.807, 2.05) is 0 Å². The van der Waals surface area contributed by atoms with Crippen LogP contribution in [0.3, 0.4) is 0 Å². The zero-order valence-electron chi connectivity index (χ0n) is 3.71. The van der Waals surface area contributed by atoms with E-state index in [-0.39, 0.29) is 0 Å². The third-order valence-corrected chi connectivity index (χ3v) is 0. The lowest BCUT2D eigenvalue weighted by atomic mass is 14.6. The lowest BCUT2D eigenvalue weighted by Gasteiger charge is -1.62. The smallest absolute Gasteiger partial charge is 0.129 e. The first-order valence-electron chi connectivity index (χ1n) is 1.18. The Balaban J connectivity index is 0. The first-order chi connectivity index (χ1) is 2.83. The summed E-state index contributed by atoms with van der Waals surface area (Å²) in [5, 5.41) is 15.5. The standard InChI is InChI=1S/H2O3.H6OSi2/c1-3-2;2-1-3/h1-2H;2-3H3. The van der Waals surface area contributed by atoms with Crippen LogP contribution in [0, 0.1) is 0 Å². The highest BCUT2D eigenvalue weighted by atomic mass is 28.3. The molecule has 0 atom stereocenters. The van der Waals surface area contributed by atoms with Crippen LogP contribution in [-0.4, -0.2) is 31.5 Å². The molecule has 6 heteroatoms. The molecule has 0 aliphatic rings. The molecule has 6 heavy (non-hydrogen) atoms. The predicted octanol–water partition coefficient (Wildman–Crippen LogP) is -2.49. The van der Waals surface area contributed by atoms with Crippen LogP contribution in [0.25, 0.3) is 0 Å². The van der Waals surface area contributed by atoms with Gasteiger partial charge in [-0.3, -0.25) is 0 Å². The minimum atomic E-state index is 0.931. The van der Waals surface area contributed by atoms with E-state index in [9.17, 15) is 0 Å². The predicted molar refractivity (Wildman–Crippen MR) is 27.3 cm³/mol. The van der Waals surface area contributed by atoms with Gasteiger partial charge < -0.3 is 4.12 Å². The third kappa shape index (κ3) is 611. The van der Waals surface area contributed by atoms with Gasteiger partial charge in [-0.1, -0.05) is 5.04 Å². The van der Waals surface area contributed by atoms with Crippen LogP contribution in [0.2, 0.25) is 0 Å². The van der Waals surface area contributed by atoms with Crippen LogP contribution in [0.4, 0.5) is 0 Å². The minimum Gasteiger partial charge on any atom is -0.471 e. The largest absolute Gasteiger partial charge is 0.471 e. The summed E-state index contributed by atoms with van der Waals surface area (Å²) in [6, 6.07) is 0. The van der Waals surface area contributed by atoms with Gasteiger partial charge >= 0.3 is 0 Å². The molecule has 2 N–H and O–H groups in total. The molecule has 0 aromatic carbocycles. The third-order valence-electron chi connectivity index (χ3n) is 0. The molecule has 0 saturated heterocycles. The van der Waals surface area contributed by atoms with Crippen LogP contribution in [0.15, 0.2) is 0 Å². The van der Waals surface area contributed by atoms with E-state index in [4.69, 9.17) is 10.5 Å². The summed E-state index contributed by atoms with van der Waals surface area (Å²) in [6.07, 6.45) is 0. The van der Waals surface area contributed by atoms with Gasteiger partial charge in [0.15, 0.2) is 0 Å². The maximum absolute atomic E-state index is 6.62. The van der Waals surface area contributed by atoms with Crippen molar-refractivity contribution < 1.29 is 19.7 Å². The van der Waals surface area contributed by atoms with Crippen molar-refractivity contribution in [3.63, 3.8) is 0 Å². The Morgan fingerprint density at radius 2 is 1.17 bits per heavy atom. The highest BCUT2D eigenvalue weighted by Crippen LogP contribution is 1.24. The summed E-state index contributed by atoms with van der Waals surface area (Å²) in [6.45, 7) is 0. The fourth-order valence-corrected chi connectivity index (χ4v) is 0. The van der Waals surface area contributed by atoms with Crippen LogP contribution in [0.5, 0.6) is 0 Å². The van der Waals surface area contributed by atoms with Crippen molar-refractivity contribution >= 4 is 21.0 Å². The molecule has 0 saturated carbocycles. The van der Waals surface area contributed by atoms with Gasteiger partial charge in [0.05, 0.1) is 0 Å². The van der Waals surface area contributed by atoms with Crippen molar-refractivity contribution in [3.8, 4) is 0 Å². The summed E-state index contributed by atoms with van der Waals surface area (Å²) in [5.41, 5.74) is 0. The first-order valence-corrected chi connectivity index (χ1v) is 2.81. The fourth-order valence-electron chi connectivity index (χ4n) is 0. The normalized spacial score (nSPS) is 7.00. The van der Waals surface area contributed by atoms with Crippen molar-refractivity contribution in [2.75, 3.05) is 0 Å². The van der Waals surface area contributed by atoms with E-state index < -0.39 is 0 Å². The molecule has 40 valence electrons. The van der Waals surface area contributed by atoms with Gasteiger partial charge in [0.1, 0.15) is 21.0 Å². The summed E-state index contributed by atoms with van der Waals surface area (Å²) in [4.78, 5) is 0. The molecule has 0 aliphatic carbocycles. The molecular formula is H8O4Si2. The van der Waals surface area contributed by atoms with E-state index in [1.165, 1.54) is 0 Å². The van der Waals surface area contributed by atoms with E-state index in [1.54, 1.807) is 0 Å². The fraction of sp³-hybridized carbons (Fsp3) is 0. The average molecular weight is 128 g/mol. The molecule has 0 heterocycles. The van der Waals surface area contributed by atoms with Gasteiger partial charge in [-0.25, -0.2) is 10.5 Å². The second-order valence-corrected chi connectivity index (χ2v) is 3.76. The average Bonchev–Trinajstić information content (AvgIpc) is 1.39. The second-order valence-electron chi connectivity index (χ2n) is 0.490. The molecule has 0 aliphatic heterocycles. The highest BCUT2D eigenvalue weighted by Gasteiger charge is 1.28. The molecule has 0 radical (unpaired) electrons. The Kier molecular flexibility index (Phi) is 29.7. The molecular weight excluding hydrogens is 120 g/mol. The summed E-state index contributed by atoms with van der Waals surface area (Å²) in [5.74, 6) is 0. The Hall–Kier alpha value is 0.274. The van der Waals surface area contributed by atoms with E-state index in [0.717, 1.165) is 21.0 Å². The molecule has 0 bridgehead atoms. The van der Waals surface area contributed by atoms with Gasteiger partial charge in [-0.05, 0) is 0 Å². The van der Waals surface area contributed by atoms with Crippen molar-refractivity contribution in [1.29, 1.82) is 0 Å². The van der Waals surface area contributed by atoms with Gasteiger partial charge in [-0.2, -0.15) is 0 Å².